The first-order valence-corrected chi connectivity index (χ1v) is 6.97. The molecule has 1 aromatic rings. The number of methoxy groups -OCH3 is 1. The molecule has 3 rings (SSSR count). The fourth-order valence-electron chi connectivity index (χ4n) is 3.77. The molecule has 4 heteroatoms. The monoisotopic (exact) mass is 280 g/mol. The highest BCUT2D eigenvalue weighted by molar-refractivity contribution is 6.30. The van der Waals surface area contributed by atoms with Gasteiger partial charge in [-0.05, 0) is 49.3 Å². The molecule has 3 nitrogen and oxygen atoms in total. The summed E-state index contributed by atoms with van der Waals surface area (Å²) in [6.45, 7) is 0. The number of carboxylic acid groups (broad SMARTS) is 1. The van der Waals surface area contributed by atoms with Crippen molar-refractivity contribution in [1.82, 2.24) is 0 Å². The van der Waals surface area contributed by atoms with Gasteiger partial charge in [-0.3, -0.25) is 4.79 Å². The second-order valence-corrected chi connectivity index (χ2v) is 6.38. The van der Waals surface area contributed by atoms with E-state index in [1.54, 1.807) is 25.3 Å². The van der Waals surface area contributed by atoms with E-state index in [4.69, 9.17) is 16.3 Å². The summed E-state index contributed by atoms with van der Waals surface area (Å²) in [5, 5.41) is 10.3. The van der Waals surface area contributed by atoms with Gasteiger partial charge < -0.3 is 9.84 Å². The third kappa shape index (κ3) is 1.75. The average molecular weight is 281 g/mol. The summed E-state index contributed by atoms with van der Waals surface area (Å²) < 4.78 is 5.33. The highest BCUT2D eigenvalue weighted by Crippen LogP contribution is 2.66. The van der Waals surface area contributed by atoms with Crippen molar-refractivity contribution in [2.45, 2.75) is 37.5 Å². The predicted octanol–water partition coefficient (Wildman–Crippen LogP) is 3.64. The molecule has 2 fully saturated rings. The number of ether oxygens (including phenoxy) is 1. The van der Waals surface area contributed by atoms with Crippen molar-refractivity contribution in [2.24, 2.45) is 5.41 Å². The average Bonchev–Trinajstić information content (AvgIpc) is 2.25. The summed E-state index contributed by atoms with van der Waals surface area (Å²) >= 11 is 6.04. The summed E-state index contributed by atoms with van der Waals surface area (Å²) in [6, 6.07) is 5.24. The SMILES string of the molecule is COc1ccc(Cl)cc1C1(C(=O)O)CC2(CCC2)C1. The largest absolute Gasteiger partial charge is 0.496 e. The third-order valence-electron chi connectivity index (χ3n) is 4.85. The Hall–Kier alpha value is -1.22. The lowest BCUT2D eigenvalue weighted by atomic mass is 9.43. The zero-order valence-electron chi connectivity index (χ0n) is 10.9. The highest BCUT2D eigenvalue weighted by Gasteiger charge is 2.62. The molecule has 2 saturated carbocycles. The van der Waals surface area contributed by atoms with Gasteiger partial charge in [0.1, 0.15) is 5.75 Å². The van der Waals surface area contributed by atoms with Gasteiger partial charge in [0.05, 0.1) is 12.5 Å². The fourth-order valence-corrected chi connectivity index (χ4v) is 3.94. The summed E-state index contributed by atoms with van der Waals surface area (Å²) in [5.41, 5.74) is 0.190. The lowest BCUT2D eigenvalue weighted by Crippen LogP contribution is -2.57. The summed E-state index contributed by atoms with van der Waals surface area (Å²) in [5.74, 6) is -0.133. The van der Waals surface area contributed by atoms with Gasteiger partial charge in [0.25, 0.3) is 0 Å². The molecular weight excluding hydrogens is 264 g/mol. The summed E-state index contributed by atoms with van der Waals surface area (Å²) in [7, 11) is 1.57. The molecule has 0 unspecified atom stereocenters. The van der Waals surface area contributed by atoms with Gasteiger partial charge in [0, 0.05) is 10.6 Å². The van der Waals surface area contributed by atoms with Crippen LogP contribution in [0.3, 0.4) is 0 Å². The van der Waals surface area contributed by atoms with E-state index in [0.717, 1.165) is 18.4 Å². The molecule has 19 heavy (non-hydrogen) atoms. The van der Waals surface area contributed by atoms with Gasteiger partial charge in [-0.1, -0.05) is 18.0 Å². The Bertz CT molecular complexity index is 526. The maximum atomic E-state index is 11.8. The molecule has 1 spiro atoms. The number of hydrogen-bond acceptors (Lipinski definition) is 2. The van der Waals surface area contributed by atoms with E-state index in [9.17, 15) is 9.90 Å². The molecule has 1 N–H and O–H groups in total. The van der Waals surface area contributed by atoms with Crippen LogP contribution in [0.15, 0.2) is 18.2 Å². The third-order valence-corrected chi connectivity index (χ3v) is 5.09. The highest BCUT2D eigenvalue weighted by atomic mass is 35.5. The van der Waals surface area contributed by atoms with Crippen molar-refractivity contribution < 1.29 is 14.6 Å². The Morgan fingerprint density at radius 2 is 2.05 bits per heavy atom. The minimum Gasteiger partial charge on any atom is -0.496 e. The van der Waals surface area contributed by atoms with E-state index in [-0.39, 0.29) is 5.41 Å². The Morgan fingerprint density at radius 1 is 1.37 bits per heavy atom. The molecule has 1 aromatic carbocycles. The van der Waals surface area contributed by atoms with Crippen molar-refractivity contribution in [3.05, 3.63) is 28.8 Å². The minimum atomic E-state index is -0.809. The smallest absolute Gasteiger partial charge is 0.314 e. The van der Waals surface area contributed by atoms with Crippen molar-refractivity contribution in [1.29, 1.82) is 0 Å². The van der Waals surface area contributed by atoms with Gasteiger partial charge in [0.2, 0.25) is 0 Å². The second kappa shape index (κ2) is 4.14. The number of rotatable bonds is 3. The fraction of sp³-hybridized carbons (Fsp3) is 0.533. The standard InChI is InChI=1S/C15H17ClO3/c1-19-12-4-3-10(16)7-11(12)15(13(17)18)8-14(9-15)5-2-6-14/h3-4,7H,2,5-6,8-9H2,1H3,(H,17,18). The van der Waals surface area contributed by atoms with Gasteiger partial charge in [0.15, 0.2) is 0 Å². The topological polar surface area (TPSA) is 46.5 Å². The van der Waals surface area contributed by atoms with E-state index in [1.807, 2.05) is 0 Å². The lowest BCUT2D eigenvalue weighted by Gasteiger charge is -2.59. The van der Waals surface area contributed by atoms with Crippen LogP contribution in [0.1, 0.15) is 37.7 Å². The van der Waals surface area contributed by atoms with Crippen LogP contribution < -0.4 is 4.74 Å². The number of hydrogen-bond donors (Lipinski definition) is 1. The molecule has 0 amide bonds. The molecule has 0 aromatic heterocycles. The summed E-state index contributed by atoms with van der Waals surface area (Å²) in [4.78, 5) is 11.8. The van der Waals surface area contributed by atoms with E-state index < -0.39 is 11.4 Å². The van der Waals surface area contributed by atoms with Crippen LogP contribution >= 0.6 is 11.6 Å². The molecule has 0 bridgehead atoms. The minimum absolute atomic E-state index is 0.270. The normalized spacial score (nSPS) is 22.4. The number of benzene rings is 1. The van der Waals surface area contributed by atoms with E-state index in [1.165, 1.54) is 6.42 Å². The summed E-state index contributed by atoms with van der Waals surface area (Å²) in [6.07, 6.45) is 4.97. The first-order chi connectivity index (χ1) is 9.01. The van der Waals surface area contributed by atoms with Crippen LogP contribution in [0, 0.1) is 5.41 Å². The van der Waals surface area contributed by atoms with Gasteiger partial charge in [-0.2, -0.15) is 0 Å². The Kier molecular flexibility index (Phi) is 2.79. The van der Waals surface area contributed by atoms with Crippen LogP contribution in [-0.2, 0) is 10.2 Å². The van der Waals surface area contributed by atoms with Crippen LogP contribution in [0.25, 0.3) is 0 Å². The van der Waals surface area contributed by atoms with Crippen molar-refractivity contribution in [2.75, 3.05) is 7.11 Å². The zero-order valence-corrected chi connectivity index (χ0v) is 11.7. The number of aliphatic carboxylic acids is 1. The van der Waals surface area contributed by atoms with Crippen molar-refractivity contribution in [3.8, 4) is 5.75 Å². The van der Waals surface area contributed by atoms with Crippen LogP contribution in [0.4, 0.5) is 0 Å². The molecular formula is C15H17ClO3. The molecule has 2 aliphatic rings. The molecule has 102 valence electrons. The molecule has 0 atom stereocenters. The molecule has 2 aliphatic carbocycles. The van der Waals surface area contributed by atoms with Crippen molar-refractivity contribution in [3.63, 3.8) is 0 Å². The lowest BCUT2D eigenvalue weighted by molar-refractivity contribution is -0.160. The second-order valence-electron chi connectivity index (χ2n) is 5.94. The molecule has 0 heterocycles. The van der Waals surface area contributed by atoms with E-state index in [0.29, 0.717) is 23.6 Å². The van der Waals surface area contributed by atoms with Gasteiger partial charge in [-0.25, -0.2) is 0 Å². The first-order valence-electron chi connectivity index (χ1n) is 6.59. The molecule has 0 saturated heterocycles. The van der Waals surface area contributed by atoms with Crippen LogP contribution in [0.5, 0.6) is 5.75 Å². The predicted molar refractivity (Wildman–Crippen MR) is 72.8 cm³/mol. The van der Waals surface area contributed by atoms with Gasteiger partial charge in [-0.15, -0.1) is 0 Å². The Balaban J connectivity index is 2.02. The van der Waals surface area contributed by atoms with Gasteiger partial charge >= 0.3 is 5.97 Å². The number of halogens is 1. The maximum Gasteiger partial charge on any atom is 0.314 e. The quantitative estimate of drug-likeness (QED) is 0.919. The van der Waals surface area contributed by atoms with Crippen LogP contribution in [0.2, 0.25) is 5.02 Å². The van der Waals surface area contributed by atoms with E-state index >= 15 is 0 Å². The van der Waals surface area contributed by atoms with Crippen molar-refractivity contribution >= 4 is 17.6 Å². The van der Waals surface area contributed by atoms with E-state index in [2.05, 4.69) is 0 Å². The number of carbonyl (C=O) groups is 1. The molecule has 0 aliphatic heterocycles. The zero-order chi connectivity index (χ0) is 13.7. The first kappa shape index (κ1) is 12.8. The Labute approximate surface area is 117 Å². The Morgan fingerprint density at radius 3 is 2.53 bits per heavy atom. The van der Waals surface area contributed by atoms with Crippen LogP contribution in [-0.4, -0.2) is 18.2 Å². The molecule has 0 radical (unpaired) electrons. The number of carboxylic acids is 1. The maximum absolute atomic E-state index is 11.8.